The summed E-state index contributed by atoms with van der Waals surface area (Å²) in [7, 11) is 0. The highest BCUT2D eigenvalue weighted by Crippen LogP contribution is 2.36. The minimum atomic E-state index is -0.674. The monoisotopic (exact) mass is 527 g/mol. The Hall–Kier alpha value is -4.57. The fourth-order valence-electron chi connectivity index (χ4n) is 6.04. The van der Waals surface area contributed by atoms with E-state index in [0.29, 0.717) is 60.4 Å². The molecular weight excluding hydrogens is 499 g/mol. The van der Waals surface area contributed by atoms with Crippen LogP contribution in [0.15, 0.2) is 79.0 Å². The number of para-hydroxylation sites is 2. The molecule has 0 aliphatic carbocycles. The molecule has 3 aromatic carbocycles. The highest BCUT2D eigenvalue weighted by molar-refractivity contribution is 6.05. The van der Waals surface area contributed by atoms with Crippen molar-refractivity contribution in [3.05, 3.63) is 84.8 Å². The first-order valence-corrected chi connectivity index (χ1v) is 13.0. The van der Waals surface area contributed by atoms with Gasteiger partial charge < -0.3 is 10.6 Å². The molecule has 9 nitrogen and oxygen atoms in total. The molecule has 1 unspecified atom stereocenters. The van der Waals surface area contributed by atoms with Crippen LogP contribution in [0.25, 0.3) is 16.6 Å². The molecular formula is C29H28FN6O3+. The Labute approximate surface area is 224 Å². The van der Waals surface area contributed by atoms with Crippen molar-refractivity contribution < 1.29 is 18.8 Å². The van der Waals surface area contributed by atoms with Crippen molar-refractivity contribution in [1.29, 1.82) is 0 Å². The highest BCUT2D eigenvalue weighted by Gasteiger charge is 2.53. The molecule has 2 saturated heterocycles. The van der Waals surface area contributed by atoms with Crippen molar-refractivity contribution in [3.63, 3.8) is 0 Å². The molecule has 0 radical (unpaired) electrons. The topological polar surface area (TPSA) is 102 Å². The first-order chi connectivity index (χ1) is 18.9. The average molecular weight is 528 g/mol. The molecule has 2 aliphatic rings. The van der Waals surface area contributed by atoms with Gasteiger partial charge >= 0.3 is 11.9 Å². The first kappa shape index (κ1) is 24.7. The van der Waals surface area contributed by atoms with Gasteiger partial charge in [-0.2, -0.15) is 5.10 Å². The van der Waals surface area contributed by atoms with Gasteiger partial charge in [-0.15, -0.1) is 0 Å². The van der Waals surface area contributed by atoms with Gasteiger partial charge in [0.15, 0.2) is 6.04 Å². The van der Waals surface area contributed by atoms with Gasteiger partial charge in [-0.25, -0.2) is 23.1 Å². The molecule has 39 heavy (non-hydrogen) atoms. The normalized spacial score (nSPS) is 21.2. The van der Waals surface area contributed by atoms with Crippen LogP contribution in [-0.4, -0.2) is 64.7 Å². The van der Waals surface area contributed by atoms with Crippen LogP contribution in [-0.2, 0) is 9.59 Å². The number of aromatic nitrogens is 2. The van der Waals surface area contributed by atoms with E-state index in [1.807, 2.05) is 42.5 Å². The molecule has 2 N–H and O–H groups in total. The number of carbonyl (C=O) groups excluding carboxylic acids is 3. The summed E-state index contributed by atoms with van der Waals surface area (Å²) < 4.78 is 15.8. The summed E-state index contributed by atoms with van der Waals surface area (Å²) in [6, 6.07) is 20.0. The van der Waals surface area contributed by atoms with E-state index in [1.165, 1.54) is 15.6 Å². The van der Waals surface area contributed by atoms with Gasteiger partial charge in [0.25, 0.3) is 5.91 Å². The molecule has 2 fully saturated rings. The van der Waals surface area contributed by atoms with E-state index in [2.05, 4.69) is 5.10 Å². The van der Waals surface area contributed by atoms with Crippen molar-refractivity contribution in [3.8, 4) is 5.69 Å². The number of likely N-dealkylation sites (tertiary alicyclic amines) is 1. The third kappa shape index (κ3) is 3.95. The van der Waals surface area contributed by atoms with E-state index in [1.54, 1.807) is 35.4 Å². The number of hydrogen-bond donors (Lipinski definition) is 1. The number of carbonyl (C=O) groups is 3. The van der Waals surface area contributed by atoms with Crippen molar-refractivity contribution in [2.75, 3.05) is 31.1 Å². The number of hydrogen-bond acceptors (Lipinski definition) is 4. The number of quaternary nitrogens is 1. The number of anilines is 1. The summed E-state index contributed by atoms with van der Waals surface area (Å²) in [6.45, 7) is 1.04. The molecule has 2 aliphatic heterocycles. The number of halogens is 1. The molecule has 10 heteroatoms. The van der Waals surface area contributed by atoms with E-state index >= 15 is 0 Å². The van der Waals surface area contributed by atoms with Crippen LogP contribution in [0.3, 0.4) is 0 Å². The number of benzene rings is 3. The number of amides is 4. The number of rotatable bonds is 6. The number of primary amides is 1. The van der Waals surface area contributed by atoms with Crippen molar-refractivity contribution in [1.82, 2.24) is 19.2 Å². The van der Waals surface area contributed by atoms with E-state index in [9.17, 15) is 18.8 Å². The van der Waals surface area contributed by atoms with Gasteiger partial charge in [0.2, 0.25) is 0 Å². The molecule has 4 amide bonds. The zero-order chi connectivity index (χ0) is 27.1. The molecule has 3 heterocycles. The zero-order valence-electron chi connectivity index (χ0n) is 21.2. The minimum absolute atomic E-state index is 0.140. The summed E-state index contributed by atoms with van der Waals surface area (Å²) in [4.78, 5) is 43.1. The lowest BCUT2D eigenvalue weighted by molar-refractivity contribution is -0.136. The number of nitrogens with zero attached hydrogens (tertiary/aromatic N) is 5. The van der Waals surface area contributed by atoms with Gasteiger partial charge in [-0.1, -0.05) is 36.4 Å². The molecule has 198 valence electrons. The minimum Gasteiger partial charge on any atom is -0.364 e. The summed E-state index contributed by atoms with van der Waals surface area (Å²) in [5.41, 5.74) is 8.08. The van der Waals surface area contributed by atoms with Crippen LogP contribution in [0.2, 0.25) is 0 Å². The van der Waals surface area contributed by atoms with Gasteiger partial charge in [0.1, 0.15) is 23.7 Å². The van der Waals surface area contributed by atoms with Crippen LogP contribution in [0.4, 0.5) is 20.6 Å². The maximum absolute atomic E-state index is 14.5. The lowest BCUT2D eigenvalue weighted by atomic mass is 10.1. The second-order valence-corrected chi connectivity index (χ2v) is 9.96. The van der Waals surface area contributed by atoms with E-state index < -0.39 is 17.8 Å². The van der Waals surface area contributed by atoms with Crippen LogP contribution in [0, 0.1) is 5.82 Å². The Bertz CT molecular complexity index is 1590. The Morgan fingerprint density at radius 3 is 2.49 bits per heavy atom. The zero-order valence-corrected chi connectivity index (χ0v) is 21.2. The number of urea groups is 1. The standard InChI is InChI=1S/C29H27FN6O3/c30-22-10-4-5-11-25(22)35-24-13-6-12-23(21(24)18-32-35)34-16-15-33(29(34)39)19-27(37)36(20-8-2-1-3-9-20)17-7-14-26(36)28(31)38/h1-6,8-13,18,26H,7,14-17,19H2,(H-,31,38)/p+1/t26-,36?/m1/s1. The quantitative estimate of drug-likeness (QED) is 0.387. The van der Waals surface area contributed by atoms with E-state index in [4.69, 9.17) is 5.73 Å². The predicted molar refractivity (Wildman–Crippen MR) is 146 cm³/mol. The van der Waals surface area contributed by atoms with Crippen molar-refractivity contribution in [2.45, 2.75) is 18.9 Å². The van der Waals surface area contributed by atoms with Gasteiger partial charge in [-0.05, 0) is 36.4 Å². The van der Waals surface area contributed by atoms with Crippen molar-refractivity contribution >= 4 is 40.1 Å². The third-order valence-electron chi connectivity index (χ3n) is 7.89. The molecule has 1 aromatic heterocycles. The van der Waals surface area contributed by atoms with E-state index in [-0.39, 0.29) is 23.0 Å². The average Bonchev–Trinajstić information content (AvgIpc) is 3.67. The maximum atomic E-state index is 14.5. The van der Waals surface area contributed by atoms with Gasteiger partial charge in [0.05, 0.1) is 23.9 Å². The maximum Gasteiger partial charge on any atom is 0.338 e. The van der Waals surface area contributed by atoms with E-state index in [0.717, 1.165) is 0 Å². The largest absolute Gasteiger partial charge is 0.364 e. The predicted octanol–water partition coefficient (Wildman–Crippen LogP) is 3.59. The lowest BCUT2D eigenvalue weighted by Crippen LogP contribution is -2.64. The summed E-state index contributed by atoms with van der Waals surface area (Å²) >= 11 is 0. The number of nitrogens with two attached hydrogens (primary N) is 1. The van der Waals surface area contributed by atoms with Crippen LogP contribution >= 0.6 is 0 Å². The molecule has 0 bridgehead atoms. The second kappa shape index (κ2) is 9.63. The molecule has 2 atom stereocenters. The Balaban J connectivity index is 1.29. The molecule has 0 spiro atoms. The SMILES string of the molecule is NC(=O)[C@H]1CCC[N+]1(C(=O)CN1CCN(c2cccc3c2cnn3-c2ccccc2F)C1=O)c1ccccc1. The van der Waals surface area contributed by atoms with Gasteiger partial charge in [0, 0.05) is 31.3 Å². The third-order valence-corrected chi connectivity index (χ3v) is 7.89. The summed E-state index contributed by atoms with van der Waals surface area (Å²) in [5.74, 6) is -1.15. The molecule has 0 saturated carbocycles. The van der Waals surface area contributed by atoms with Crippen LogP contribution in [0.1, 0.15) is 12.8 Å². The lowest BCUT2D eigenvalue weighted by Gasteiger charge is -2.36. The van der Waals surface area contributed by atoms with Crippen molar-refractivity contribution in [2.24, 2.45) is 5.73 Å². The fraction of sp³-hybridized carbons (Fsp3) is 0.241. The Kier molecular flexibility index (Phi) is 6.11. The van der Waals surface area contributed by atoms with Crippen LogP contribution in [0.5, 0.6) is 0 Å². The fourth-order valence-corrected chi connectivity index (χ4v) is 6.04. The number of fused-ring (bicyclic) bond motifs is 1. The second-order valence-electron chi connectivity index (χ2n) is 9.96. The summed E-state index contributed by atoms with van der Waals surface area (Å²) in [6.07, 6.45) is 2.82. The van der Waals surface area contributed by atoms with Gasteiger partial charge in [-0.3, -0.25) is 9.69 Å². The molecule has 4 aromatic rings. The highest BCUT2D eigenvalue weighted by atomic mass is 19.1. The smallest absolute Gasteiger partial charge is 0.338 e. The van der Waals surface area contributed by atoms with Crippen LogP contribution < -0.4 is 15.1 Å². The Morgan fingerprint density at radius 2 is 1.72 bits per heavy atom. The first-order valence-electron chi connectivity index (χ1n) is 13.0. The molecule has 6 rings (SSSR count). The summed E-state index contributed by atoms with van der Waals surface area (Å²) in [5, 5.41) is 5.09. The Morgan fingerprint density at radius 1 is 0.974 bits per heavy atom.